The molecule has 0 aliphatic rings. The van der Waals surface area contributed by atoms with E-state index in [0.29, 0.717) is 17.1 Å². The van der Waals surface area contributed by atoms with Crippen LogP contribution in [0.1, 0.15) is 26.3 Å². The number of hydrogen-bond acceptors (Lipinski definition) is 3. The third-order valence-electron chi connectivity index (χ3n) is 1.61. The molecule has 1 aromatic heterocycles. The summed E-state index contributed by atoms with van der Waals surface area (Å²) < 4.78 is 0. The van der Waals surface area contributed by atoms with Crippen molar-refractivity contribution in [2.75, 3.05) is 5.32 Å². The zero-order valence-electron chi connectivity index (χ0n) is 8.13. The lowest BCUT2D eigenvalue weighted by Crippen LogP contribution is -2.12. The van der Waals surface area contributed by atoms with Gasteiger partial charge in [0.05, 0.1) is 0 Å². The molecule has 0 aliphatic carbocycles. The standard InChI is InChI=1S/C9H14ClN3/c1-4-7-5-11-9(12-6(2)3)13-8(7)10/h5-6H,4H2,1-3H3,(H,11,12,13). The molecule has 0 unspecified atom stereocenters. The van der Waals surface area contributed by atoms with Crippen molar-refractivity contribution in [3.8, 4) is 0 Å². The second-order valence-electron chi connectivity index (χ2n) is 3.16. The van der Waals surface area contributed by atoms with Crippen molar-refractivity contribution in [1.29, 1.82) is 0 Å². The smallest absolute Gasteiger partial charge is 0.224 e. The summed E-state index contributed by atoms with van der Waals surface area (Å²) in [6.07, 6.45) is 2.63. The Morgan fingerprint density at radius 3 is 2.69 bits per heavy atom. The molecule has 13 heavy (non-hydrogen) atoms. The van der Waals surface area contributed by atoms with Gasteiger partial charge in [0.15, 0.2) is 0 Å². The average Bonchev–Trinajstić information content (AvgIpc) is 2.03. The van der Waals surface area contributed by atoms with E-state index in [0.717, 1.165) is 12.0 Å². The van der Waals surface area contributed by atoms with Gasteiger partial charge in [-0.15, -0.1) is 0 Å². The van der Waals surface area contributed by atoms with E-state index in [9.17, 15) is 0 Å². The Morgan fingerprint density at radius 1 is 1.54 bits per heavy atom. The average molecular weight is 200 g/mol. The van der Waals surface area contributed by atoms with Crippen molar-refractivity contribution in [2.24, 2.45) is 0 Å². The summed E-state index contributed by atoms with van der Waals surface area (Å²) in [6, 6.07) is 0.323. The van der Waals surface area contributed by atoms with Crippen molar-refractivity contribution < 1.29 is 0 Å². The fourth-order valence-corrected chi connectivity index (χ4v) is 1.21. The lowest BCUT2D eigenvalue weighted by Gasteiger charge is -2.08. The van der Waals surface area contributed by atoms with Crippen LogP contribution in [0.3, 0.4) is 0 Å². The van der Waals surface area contributed by atoms with Crippen molar-refractivity contribution in [3.63, 3.8) is 0 Å². The number of hydrogen-bond donors (Lipinski definition) is 1. The predicted octanol–water partition coefficient (Wildman–Crippen LogP) is 2.51. The van der Waals surface area contributed by atoms with Crippen LogP contribution < -0.4 is 5.32 Å². The summed E-state index contributed by atoms with van der Waals surface area (Å²) in [7, 11) is 0. The van der Waals surface area contributed by atoms with E-state index in [1.807, 2.05) is 20.8 Å². The number of nitrogens with zero attached hydrogens (tertiary/aromatic N) is 2. The number of rotatable bonds is 3. The zero-order valence-corrected chi connectivity index (χ0v) is 8.89. The molecule has 0 atom stereocenters. The largest absolute Gasteiger partial charge is 0.352 e. The second-order valence-corrected chi connectivity index (χ2v) is 3.52. The van der Waals surface area contributed by atoms with Crippen LogP contribution in [0.4, 0.5) is 5.95 Å². The molecule has 0 aromatic carbocycles. The minimum absolute atomic E-state index is 0.323. The van der Waals surface area contributed by atoms with Crippen LogP contribution in [0.25, 0.3) is 0 Å². The quantitative estimate of drug-likeness (QED) is 0.761. The fourth-order valence-electron chi connectivity index (χ4n) is 0.951. The maximum absolute atomic E-state index is 5.92. The molecule has 1 N–H and O–H groups in total. The van der Waals surface area contributed by atoms with Gasteiger partial charge >= 0.3 is 0 Å². The third kappa shape index (κ3) is 2.84. The molecule has 1 aromatic rings. The number of aromatic nitrogens is 2. The molecular formula is C9H14ClN3. The monoisotopic (exact) mass is 199 g/mol. The van der Waals surface area contributed by atoms with Crippen LogP contribution in [0, 0.1) is 0 Å². The van der Waals surface area contributed by atoms with Crippen LogP contribution >= 0.6 is 11.6 Å². The minimum atomic E-state index is 0.323. The van der Waals surface area contributed by atoms with Crippen LogP contribution in [-0.2, 0) is 6.42 Å². The molecule has 1 heterocycles. The lowest BCUT2D eigenvalue weighted by atomic mass is 10.3. The Kier molecular flexibility index (Phi) is 3.48. The number of aryl methyl sites for hydroxylation is 1. The van der Waals surface area contributed by atoms with Gasteiger partial charge < -0.3 is 5.32 Å². The van der Waals surface area contributed by atoms with Gasteiger partial charge in [-0.05, 0) is 20.3 Å². The van der Waals surface area contributed by atoms with E-state index >= 15 is 0 Å². The first-order valence-corrected chi connectivity index (χ1v) is 4.79. The van der Waals surface area contributed by atoms with E-state index in [-0.39, 0.29) is 0 Å². The van der Waals surface area contributed by atoms with Gasteiger partial charge in [0, 0.05) is 17.8 Å². The summed E-state index contributed by atoms with van der Waals surface area (Å²) in [5, 5.41) is 3.63. The molecule has 0 radical (unpaired) electrons. The van der Waals surface area contributed by atoms with Gasteiger partial charge in [-0.1, -0.05) is 18.5 Å². The van der Waals surface area contributed by atoms with Gasteiger partial charge in [-0.2, -0.15) is 0 Å². The number of anilines is 1. The van der Waals surface area contributed by atoms with Gasteiger partial charge in [-0.25, -0.2) is 9.97 Å². The van der Waals surface area contributed by atoms with Gasteiger partial charge in [-0.3, -0.25) is 0 Å². The highest BCUT2D eigenvalue weighted by atomic mass is 35.5. The van der Waals surface area contributed by atoms with E-state index in [1.165, 1.54) is 0 Å². The van der Waals surface area contributed by atoms with Crippen LogP contribution in [0.15, 0.2) is 6.20 Å². The molecule has 0 fully saturated rings. The third-order valence-corrected chi connectivity index (χ3v) is 1.94. The lowest BCUT2D eigenvalue weighted by molar-refractivity contribution is 0.870. The summed E-state index contributed by atoms with van der Waals surface area (Å²) in [5.41, 5.74) is 0.982. The zero-order chi connectivity index (χ0) is 9.84. The van der Waals surface area contributed by atoms with Crippen LogP contribution in [0.5, 0.6) is 0 Å². The van der Waals surface area contributed by atoms with Crippen molar-refractivity contribution in [3.05, 3.63) is 16.9 Å². The van der Waals surface area contributed by atoms with Crippen molar-refractivity contribution in [2.45, 2.75) is 33.2 Å². The Morgan fingerprint density at radius 2 is 2.23 bits per heavy atom. The normalized spacial score (nSPS) is 10.5. The highest BCUT2D eigenvalue weighted by molar-refractivity contribution is 6.30. The van der Waals surface area contributed by atoms with Crippen LogP contribution in [-0.4, -0.2) is 16.0 Å². The topological polar surface area (TPSA) is 37.8 Å². The Balaban J connectivity index is 2.83. The second kappa shape index (κ2) is 4.42. The summed E-state index contributed by atoms with van der Waals surface area (Å²) in [5.74, 6) is 0.595. The molecule has 0 saturated carbocycles. The highest BCUT2D eigenvalue weighted by Gasteiger charge is 2.03. The fraction of sp³-hybridized carbons (Fsp3) is 0.556. The van der Waals surface area contributed by atoms with Gasteiger partial charge in [0.2, 0.25) is 5.95 Å². The summed E-state index contributed by atoms with van der Waals surface area (Å²) in [6.45, 7) is 6.09. The summed E-state index contributed by atoms with van der Waals surface area (Å²) in [4.78, 5) is 8.27. The molecule has 0 amide bonds. The first kappa shape index (κ1) is 10.3. The maximum Gasteiger partial charge on any atom is 0.224 e. The maximum atomic E-state index is 5.92. The first-order chi connectivity index (χ1) is 6.13. The predicted molar refractivity (Wildman–Crippen MR) is 55.2 cm³/mol. The molecule has 0 spiro atoms. The Bertz CT molecular complexity index is 286. The Hall–Kier alpha value is -0.830. The van der Waals surface area contributed by atoms with E-state index in [2.05, 4.69) is 15.3 Å². The molecule has 1 rings (SSSR count). The molecular weight excluding hydrogens is 186 g/mol. The van der Waals surface area contributed by atoms with Gasteiger partial charge in [0.25, 0.3) is 0 Å². The Labute approximate surface area is 83.5 Å². The number of nitrogens with one attached hydrogen (secondary N) is 1. The summed E-state index contributed by atoms with van der Waals surface area (Å²) >= 11 is 5.92. The molecule has 3 nitrogen and oxygen atoms in total. The minimum Gasteiger partial charge on any atom is -0.352 e. The van der Waals surface area contributed by atoms with E-state index in [4.69, 9.17) is 11.6 Å². The van der Waals surface area contributed by atoms with E-state index < -0.39 is 0 Å². The molecule has 0 bridgehead atoms. The molecule has 0 saturated heterocycles. The van der Waals surface area contributed by atoms with Crippen LogP contribution in [0.2, 0.25) is 5.15 Å². The number of halogens is 1. The van der Waals surface area contributed by atoms with Crippen molar-refractivity contribution >= 4 is 17.5 Å². The highest BCUT2D eigenvalue weighted by Crippen LogP contribution is 2.14. The first-order valence-electron chi connectivity index (χ1n) is 4.41. The van der Waals surface area contributed by atoms with Gasteiger partial charge in [0.1, 0.15) is 5.15 Å². The SMILES string of the molecule is CCc1cnc(NC(C)C)nc1Cl. The molecule has 4 heteroatoms. The van der Waals surface area contributed by atoms with Crippen molar-refractivity contribution in [1.82, 2.24) is 9.97 Å². The van der Waals surface area contributed by atoms with E-state index in [1.54, 1.807) is 6.20 Å². The molecule has 72 valence electrons. The molecule has 0 aliphatic heterocycles.